The SMILES string of the molecule is CCOC(=O)[C@@]12C[C@H]1/C=C\CCCCC[C@H](N)C(=O)N1CCC[C@H]1C(=O)N2. The van der Waals surface area contributed by atoms with Gasteiger partial charge in [0.1, 0.15) is 11.6 Å². The lowest BCUT2D eigenvalue weighted by molar-refractivity contribution is -0.150. The van der Waals surface area contributed by atoms with Gasteiger partial charge in [0.2, 0.25) is 11.8 Å². The molecule has 7 heteroatoms. The second kappa shape index (κ2) is 8.42. The predicted octanol–water partition coefficient (Wildman–Crippen LogP) is 1.26. The van der Waals surface area contributed by atoms with Crippen LogP contribution in [0, 0.1) is 5.92 Å². The number of esters is 1. The number of carbonyl (C=O) groups is 3. The van der Waals surface area contributed by atoms with Crippen molar-refractivity contribution in [2.24, 2.45) is 11.7 Å². The largest absolute Gasteiger partial charge is 0.464 e. The van der Waals surface area contributed by atoms with E-state index in [0.29, 0.717) is 25.8 Å². The number of hydrogen-bond donors (Lipinski definition) is 2. The molecular formula is C20H31N3O4. The molecule has 2 heterocycles. The molecule has 1 saturated heterocycles. The highest BCUT2D eigenvalue weighted by atomic mass is 16.5. The molecule has 0 bridgehead atoms. The van der Waals surface area contributed by atoms with E-state index in [0.717, 1.165) is 32.1 Å². The highest BCUT2D eigenvalue weighted by Crippen LogP contribution is 2.46. The number of fused-ring (bicyclic) bond motifs is 2. The predicted molar refractivity (Wildman–Crippen MR) is 101 cm³/mol. The van der Waals surface area contributed by atoms with E-state index in [2.05, 4.69) is 11.4 Å². The zero-order valence-electron chi connectivity index (χ0n) is 16.1. The zero-order valence-corrected chi connectivity index (χ0v) is 16.1. The highest BCUT2D eigenvalue weighted by Gasteiger charge is 2.62. The summed E-state index contributed by atoms with van der Waals surface area (Å²) in [5.41, 5.74) is 5.12. The summed E-state index contributed by atoms with van der Waals surface area (Å²) in [4.78, 5) is 39.8. The summed E-state index contributed by atoms with van der Waals surface area (Å²) >= 11 is 0. The fourth-order valence-electron chi connectivity index (χ4n) is 4.22. The Morgan fingerprint density at radius 1 is 1.30 bits per heavy atom. The highest BCUT2D eigenvalue weighted by molar-refractivity contribution is 5.96. The van der Waals surface area contributed by atoms with Crippen LogP contribution < -0.4 is 11.1 Å². The lowest BCUT2D eigenvalue weighted by atomic mass is 10.1. The number of nitrogens with two attached hydrogens (primary N) is 1. The van der Waals surface area contributed by atoms with Crippen LogP contribution in [0.3, 0.4) is 0 Å². The molecule has 1 saturated carbocycles. The minimum Gasteiger partial charge on any atom is -0.464 e. The number of allylic oxidation sites excluding steroid dienone is 1. The Balaban J connectivity index is 1.81. The second-order valence-corrected chi connectivity index (χ2v) is 7.85. The topological polar surface area (TPSA) is 102 Å². The Morgan fingerprint density at radius 3 is 2.89 bits per heavy atom. The van der Waals surface area contributed by atoms with Crippen molar-refractivity contribution in [1.82, 2.24) is 10.2 Å². The molecule has 0 unspecified atom stereocenters. The van der Waals surface area contributed by atoms with Gasteiger partial charge in [-0.15, -0.1) is 0 Å². The van der Waals surface area contributed by atoms with Crippen LogP contribution in [0.15, 0.2) is 12.2 Å². The van der Waals surface area contributed by atoms with Crippen LogP contribution in [-0.2, 0) is 19.1 Å². The molecular weight excluding hydrogens is 346 g/mol. The van der Waals surface area contributed by atoms with Gasteiger partial charge in [0.05, 0.1) is 12.6 Å². The molecule has 0 aromatic heterocycles. The molecule has 0 radical (unpaired) electrons. The van der Waals surface area contributed by atoms with E-state index < -0.39 is 17.6 Å². The van der Waals surface area contributed by atoms with Crippen LogP contribution in [0.5, 0.6) is 0 Å². The fourth-order valence-corrected chi connectivity index (χ4v) is 4.22. The number of hydrogen-bond acceptors (Lipinski definition) is 5. The number of ether oxygens (including phenoxy) is 1. The third-order valence-corrected chi connectivity index (χ3v) is 5.91. The first-order chi connectivity index (χ1) is 13.0. The molecule has 3 aliphatic rings. The van der Waals surface area contributed by atoms with E-state index in [1.54, 1.807) is 11.8 Å². The molecule has 7 nitrogen and oxygen atoms in total. The fraction of sp³-hybridized carbons (Fsp3) is 0.750. The summed E-state index contributed by atoms with van der Waals surface area (Å²) in [5.74, 6) is -0.853. The quantitative estimate of drug-likeness (QED) is 0.557. The summed E-state index contributed by atoms with van der Waals surface area (Å²) in [6.45, 7) is 2.57. The maximum atomic E-state index is 13.0. The number of rotatable bonds is 2. The Labute approximate surface area is 160 Å². The van der Waals surface area contributed by atoms with Gasteiger partial charge >= 0.3 is 5.97 Å². The van der Waals surface area contributed by atoms with E-state index in [1.807, 2.05) is 6.08 Å². The Morgan fingerprint density at radius 2 is 2.11 bits per heavy atom. The van der Waals surface area contributed by atoms with Crippen molar-refractivity contribution < 1.29 is 19.1 Å². The van der Waals surface area contributed by atoms with E-state index in [1.165, 1.54) is 0 Å². The summed E-state index contributed by atoms with van der Waals surface area (Å²) in [5, 5.41) is 2.93. The van der Waals surface area contributed by atoms with Crippen molar-refractivity contribution in [3.05, 3.63) is 12.2 Å². The Kier molecular flexibility index (Phi) is 6.19. The Hall–Kier alpha value is -1.89. The van der Waals surface area contributed by atoms with Crippen LogP contribution in [0.2, 0.25) is 0 Å². The molecule has 2 amide bonds. The lowest BCUT2D eigenvalue weighted by Gasteiger charge is -2.28. The minimum absolute atomic E-state index is 0.0431. The average Bonchev–Trinajstić information content (AvgIpc) is 3.12. The van der Waals surface area contributed by atoms with Gasteiger partial charge < -0.3 is 20.7 Å². The number of nitrogens with zero attached hydrogens (tertiary/aromatic N) is 1. The van der Waals surface area contributed by atoms with Crippen molar-refractivity contribution in [3.8, 4) is 0 Å². The summed E-state index contributed by atoms with van der Waals surface area (Å²) in [6, 6.07) is -1.11. The van der Waals surface area contributed by atoms with E-state index in [-0.39, 0.29) is 30.3 Å². The van der Waals surface area contributed by atoms with Gasteiger partial charge in [0.15, 0.2) is 0 Å². The molecule has 2 aliphatic heterocycles. The first-order valence-corrected chi connectivity index (χ1v) is 10.2. The van der Waals surface area contributed by atoms with Crippen molar-refractivity contribution in [3.63, 3.8) is 0 Å². The molecule has 3 rings (SSSR count). The smallest absolute Gasteiger partial charge is 0.332 e. The van der Waals surface area contributed by atoms with E-state index in [4.69, 9.17) is 10.5 Å². The minimum atomic E-state index is -0.983. The van der Waals surface area contributed by atoms with Gasteiger partial charge in [-0.1, -0.05) is 25.0 Å². The average molecular weight is 377 g/mol. The van der Waals surface area contributed by atoms with Crippen molar-refractivity contribution >= 4 is 17.8 Å². The molecule has 0 aromatic rings. The van der Waals surface area contributed by atoms with Crippen LogP contribution in [0.4, 0.5) is 0 Å². The van der Waals surface area contributed by atoms with E-state index >= 15 is 0 Å². The standard InChI is InChI=1S/C20H31N3O4/c1-2-27-19(26)20-13-14(20)9-6-4-3-5-7-10-15(21)18(25)23-12-8-11-16(23)17(24)22-20/h6,9,14-16H,2-5,7-8,10-13,21H2,1H3,(H,22,24)/b9-6-/t14-,15+,16+,20-/m1/s1. The molecule has 0 spiro atoms. The first kappa shape index (κ1) is 19.9. The zero-order chi connectivity index (χ0) is 19.4. The van der Waals surface area contributed by atoms with Crippen molar-refractivity contribution in [1.29, 1.82) is 0 Å². The molecule has 4 atom stereocenters. The maximum absolute atomic E-state index is 13.0. The van der Waals surface area contributed by atoms with Crippen LogP contribution in [-0.4, -0.2) is 53.5 Å². The third kappa shape index (κ3) is 4.18. The molecule has 3 N–H and O–H groups in total. The molecule has 0 aromatic carbocycles. The third-order valence-electron chi connectivity index (χ3n) is 5.91. The second-order valence-electron chi connectivity index (χ2n) is 7.85. The summed E-state index contributed by atoms with van der Waals surface area (Å²) < 4.78 is 5.22. The number of nitrogens with one attached hydrogen (secondary N) is 1. The van der Waals surface area contributed by atoms with Crippen LogP contribution >= 0.6 is 0 Å². The van der Waals surface area contributed by atoms with E-state index in [9.17, 15) is 14.4 Å². The lowest BCUT2D eigenvalue weighted by Crippen LogP contribution is -2.55. The first-order valence-electron chi connectivity index (χ1n) is 10.2. The van der Waals surface area contributed by atoms with Gasteiger partial charge in [-0.25, -0.2) is 4.79 Å². The monoisotopic (exact) mass is 377 g/mol. The summed E-state index contributed by atoms with van der Waals surface area (Å²) in [6.07, 6.45) is 10.5. The van der Waals surface area contributed by atoms with Gasteiger partial charge in [-0.3, -0.25) is 9.59 Å². The molecule has 27 heavy (non-hydrogen) atoms. The molecule has 2 fully saturated rings. The van der Waals surface area contributed by atoms with Gasteiger partial charge in [-0.05, 0) is 45.4 Å². The summed E-state index contributed by atoms with van der Waals surface area (Å²) in [7, 11) is 0. The van der Waals surface area contributed by atoms with Crippen LogP contribution in [0.25, 0.3) is 0 Å². The maximum Gasteiger partial charge on any atom is 0.332 e. The molecule has 1 aliphatic carbocycles. The van der Waals surface area contributed by atoms with Gasteiger partial charge in [-0.2, -0.15) is 0 Å². The molecule has 150 valence electrons. The van der Waals surface area contributed by atoms with Crippen molar-refractivity contribution in [2.45, 2.75) is 75.9 Å². The number of carbonyl (C=O) groups excluding carboxylic acids is 3. The van der Waals surface area contributed by atoms with Crippen LogP contribution in [0.1, 0.15) is 58.3 Å². The normalized spacial score (nSPS) is 35.9. The number of amides is 2. The van der Waals surface area contributed by atoms with Gasteiger partial charge in [0.25, 0.3) is 0 Å². The van der Waals surface area contributed by atoms with Crippen molar-refractivity contribution in [2.75, 3.05) is 13.2 Å². The Bertz CT molecular complexity index is 620. The van der Waals surface area contributed by atoms with Gasteiger partial charge in [0, 0.05) is 12.5 Å².